The third kappa shape index (κ3) is 2.61. The molecule has 0 aliphatic heterocycles. The van der Waals surface area contributed by atoms with Gasteiger partial charge in [0.15, 0.2) is 5.82 Å². The van der Waals surface area contributed by atoms with Gasteiger partial charge in [0.1, 0.15) is 11.5 Å². The van der Waals surface area contributed by atoms with Gasteiger partial charge in [0, 0.05) is 29.0 Å². The van der Waals surface area contributed by atoms with Crippen LogP contribution in [0.15, 0.2) is 35.1 Å². The molecule has 1 aromatic carbocycles. The summed E-state index contributed by atoms with van der Waals surface area (Å²) < 4.78 is 14.1. The normalized spacial score (nSPS) is 10.3. The lowest BCUT2D eigenvalue weighted by Crippen LogP contribution is -2.02. The lowest BCUT2D eigenvalue weighted by atomic mass is 10.1. The fraction of sp³-hybridized carbons (Fsp3) is 0.167. The van der Waals surface area contributed by atoms with E-state index in [0.29, 0.717) is 17.1 Å². The predicted octanol–water partition coefficient (Wildman–Crippen LogP) is 3.48. The summed E-state index contributed by atoms with van der Waals surface area (Å²) in [6.07, 6.45) is 3.20. The van der Waals surface area contributed by atoms with Crippen molar-refractivity contribution >= 4 is 21.7 Å². The molecule has 1 aromatic heterocycles. The van der Waals surface area contributed by atoms with Crippen LogP contribution in [0.25, 0.3) is 11.3 Å². The molecule has 1 N–H and O–H groups in total. The molecule has 2 aromatic rings. The maximum atomic E-state index is 13.3. The minimum Gasteiger partial charge on any atom is -0.369 e. The van der Waals surface area contributed by atoms with Gasteiger partial charge in [-0.1, -0.05) is 15.9 Å². The molecule has 5 heteroatoms. The van der Waals surface area contributed by atoms with E-state index in [2.05, 4.69) is 31.2 Å². The zero-order chi connectivity index (χ0) is 12.3. The summed E-state index contributed by atoms with van der Waals surface area (Å²) >= 11 is 3.39. The number of hydrogen-bond donors (Lipinski definition) is 1. The molecule has 3 nitrogen and oxygen atoms in total. The molecule has 0 atom stereocenters. The molecule has 0 saturated carbocycles. The summed E-state index contributed by atoms with van der Waals surface area (Å²) in [5.74, 6) is 0.359. The van der Waals surface area contributed by atoms with E-state index in [1.807, 2.05) is 6.92 Å². The first kappa shape index (κ1) is 12.0. The Kier molecular flexibility index (Phi) is 3.68. The van der Waals surface area contributed by atoms with E-state index in [9.17, 15) is 4.39 Å². The Bertz CT molecular complexity index is 531. The molecule has 0 spiro atoms. The highest BCUT2D eigenvalue weighted by atomic mass is 79.9. The standard InChI is InChI=1S/C12H11BrFN3/c1-2-15-12-11(16-5-6-17-12)9-7-8(14)3-4-10(9)13/h3-7H,2H2,1H3,(H,15,17). The average molecular weight is 296 g/mol. The molecule has 88 valence electrons. The Labute approximate surface area is 107 Å². The van der Waals surface area contributed by atoms with Gasteiger partial charge < -0.3 is 5.32 Å². The first-order valence-corrected chi connectivity index (χ1v) is 6.02. The number of rotatable bonds is 3. The highest BCUT2D eigenvalue weighted by Gasteiger charge is 2.11. The third-order valence-electron chi connectivity index (χ3n) is 2.23. The lowest BCUT2D eigenvalue weighted by molar-refractivity contribution is 0.628. The predicted molar refractivity (Wildman–Crippen MR) is 69.3 cm³/mol. The van der Waals surface area contributed by atoms with Gasteiger partial charge in [0.2, 0.25) is 0 Å². The number of hydrogen-bond acceptors (Lipinski definition) is 3. The van der Waals surface area contributed by atoms with Crippen LogP contribution < -0.4 is 5.32 Å². The molecule has 0 fully saturated rings. The SMILES string of the molecule is CCNc1nccnc1-c1cc(F)ccc1Br. The van der Waals surface area contributed by atoms with E-state index in [1.54, 1.807) is 18.5 Å². The second-order valence-corrected chi connectivity index (χ2v) is 4.26. The molecule has 0 radical (unpaired) electrons. The van der Waals surface area contributed by atoms with Crippen molar-refractivity contribution < 1.29 is 4.39 Å². The number of nitrogens with zero attached hydrogens (tertiary/aromatic N) is 2. The molecule has 0 aliphatic carbocycles. The molecular weight excluding hydrogens is 285 g/mol. The van der Waals surface area contributed by atoms with E-state index in [1.165, 1.54) is 12.1 Å². The van der Waals surface area contributed by atoms with E-state index in [4.69, 9.17) is 0 Å². The van der Waals surface area contributed by atoms with Gasteiger partial charge in [0.05, 0.1) is 0 Å². The average Bonchev–Trinajstić information content (AvgIpc) is 2.34. The summed E-state index contributed by atoms with van der Waals surface area (Å²) in [5, 5.41) is 3.10. The third-order valence-corrected chi connectivity index (χ3v) is 2.92. The molecular formula is C12H11BrFN3. The lowest BCUT2D eigenvalue weighted by Gasteiger charge is -2.09. The topological polar surface area (TPSA) is 37.8 Å². The van der Waals surface area contributed by atoms with E-state index >= 15 is 0 Å². The van der Waals surface area contributed by atoms with Gasteiger partial charge in [-0.3, -0.25) is 4.98 Å². The monoisotopic (exact) mass is 295 g/mol. The zero-order valence-corrected chi connectivity index (χ0v) is 10.8. The van der Waals surface area contributed by atoms with Crippen LogP contribution in [0.3, 0.4) is 0 Å². The first-order valence-electron chi connectivity index (χ1n) is 5.22. The smallest absolute Gasteiger partial charge is 0.152 e. The van der Waals surface area contributed by atoms with Gasteiger partial charge >= 0.3 is 0 Å². The number of nitrogens with one attached hydrogen (secondary N) is 1. The van der Waals surface area contributed by atoms with Crippen molar-refractivity contribution in [3.05, 3.63) is 40.9 Å². The van der Waals surface area contributed by atoms with Crippen LogP contribution in [0.5, 0.6) is 0 Å². The minimum atomic E-state index is -0.295. The second kappa shape index (κ2) is 5.23. The fourth-order valence-electron chi connectivity index (χ4n) is 1.51. The molecule has 0 unspecified atom stereocenters. The number of anilines is 1. The Morgan fingerprint density at radius 3 is 2.82 bits per heavy atom. The van der Waals surface area contributed by atoms with E-state index in [-0.39, 0.29) is 5.82 Å². The highest BCUT2D eigenvalue weighted by Crippen LogP contribution is 2.31. The molecule has 1 heterocycles. The van der Waals surface area contributed by atoms with Crippen LogP contribution in [-0.2, 0) is 0 Å². The first-order chi connectivity index (χ1) is 8.22. The molecule has 0 amide bonds. The van der Waals surface area contributed by atoms with Gasteiger partial charge in [-0.2, -0.15) is 0 Å². The quantitative estimate of drug-likeness (QED) is 0.942. The second-order valence-electron chi connectivity index (χ2n) is 3.41. The zero-order valence-electron chi connectivity index (χ0n) is 9.24. The van der Waals surface area contributed by atoms with Crippen LogP contribution in [0.1, 0.15) is 6.92 Å². The maximum Gasteiger partial charge on any atom is 0.152 e. The van der Waals surface area contributed by atoms with Crippen molar-refractivity contribution in [3.63, 3.8) is 0 Å². The summed E-state index contributed by atoms with van der Waals surface area (Å²) in [7, 11) is 0. The number of aromatic nitrogens is 2. The van der Waals surface area contributed by atoms with E-state index in [0.717, 1.165) is 11.0 Å². The van der Waals surface area contributed by atoms with Gasteiger partial charge in [-0.05, 0) is 25.1 Å². The van der Waals surface area contributed by atoms with Gasteiger partial charge in [-0.15, -0.1) is 0 Å². The Morgan fingerprint density at radius 1 is 1.29 bits per heavy atom. The Morgan fingerprint density at radius 2 is 2.06 bits per heavy atom. The largest absolute Gasteiger partial charge is 0.369 e. The summed E-state index contributed by atoms with van der Waals surface area (Å²) in [6.45, 7) is 2.71. The molecule has 0 aliphatic rings. The summed E-state index contributed by atoms with van der Waals surface area (Å²) in [4.78, 5) is 8.45. The van der Waals surface area contributed by atoms with Crippen molar-refractivity contribution in [1.29, 1.82) is 0 Å². The minimum absolute atomic E-state index is 0.295. The van der Waals surface area contributed by atoms with Crippen molar-refractivity contribution in [2.24, 2.45) is 0 Å². The number of benzene rings is 1. The van der Waals surface area contributed by atoms with Crippen molar-refractivity contribution in [2.45, 2.75) is 6.92 Å². The molecule has 17 heavy (non-hydrogen) atoms. The summed E-state index contributed by atoms with van der Waals surface area (Å²) in [5.41, 5.74) is 1.33. The summed E-state index contributed by atoms with van der Waals surface area (Å²) in [6, 6.07) is 4.50. The van der Waals surface area contributed by atoms with Crippen molar-refractivity contribution in [1.82, 2.24) is 9.97 Å². The molecule has 2 rings (SSSR count). The van der Waals surface area contributed by atoms with Crippen molar-refractivity contribution in [2.75, 3.05) is 11.9 Å². The Hall–Kier alpha value is -1.49. The highest BCUT2D eigenvalue weighted by molar-refractivity contribution is 9.10. The fourth-order valence-corrected chi connectivity index (χ4v) is 1.95. The molecule has 0 bridgehead atoms. The van der Waals surface area contributed by atoms with Gasteiger partial charge in [-0.25, -0.2) is 9.37 Å². The number of halogens is 2. The molecule has 0 saturated heterocycles. The van der Waals surface area contributed by atoms with Crippen LogP contribution >= 0.6 is 15.9 Å². The van der Waals surface area contributed by atoms with Crippen LogP contribution in [-0.4, -0.2) is 16.5 Å². The maximum absolute atomic E-state index is 13.3. The van der Waals surface area contributed by atoms with Gasteiger partial charge in [0.25, 0.3) is 0 Å². The Balaban J connectivity index is 2.55. The van der Waals surface area contributed by atoms with Crippen LogP contribution in [0.4, 0.5) is 10.2 Å². The van der Waals surface area contributed by atoms with Crippen LogP contribution in [0.2, 0.25) is 0 Å². The van der Waals surface area contributed by atoms with E-state index < -0.39 is 0 Å². The van der Waals surface area contributed by atoms with Crippen LogP contribution in [0, 0.1) is 5.82 Å². The van der Waals surface area contributed by atoms with Crippen molar-refractivity contribution in [3.8, 4) is 11.3 Å².